The third-order valence-electron chi connectivity index (χ3n) is 5.95. The predicted octanol–water partition coefficient (Wildman–Crippen LogP) is 2.24. The van der Waals surface area contributed by atoms with Gasteiger partial charge in [0.15, 0.2) is 0 Å². The van der Waals surface area contributed by atoms with Gasteiger partial charge in [0.05, 0.1) is 19.3 Å². The lowest BCUT2D eigenvalue weighted by atomic mass is 9.99. The second-order valence-electron chi connectivity index (χ2n) is 8.12. The molecule has 186 valence electrons. The van der Waals surface area contributed by atoms with Crippen molar-refractivity contribution in [3.05, 3.63) is 127 Å². The zero-order valence-corrected chi connectivity index (χ0v) is 19.4. The molecule has 0 saturated carbocycles. The molecule has 4 rings (SSSR count). The lowest BCUT2D eigenvalue weighted by molar-refractivity contribution is 0.414. The number of nitrogens with two attached hydrogens (primary N) is 1. The van der Waals surface area contributed by atoms with Crippen molar-refractivity contribution < 1.29 is 13.5 Å². The SMILES string of the molecule is COc1cccc(-n2c(=O)n(Cc3c(F)cccc3F)c(=O)n(CC(CN)c3ccccc3)c2=O)c1. The van der Waals surface area contributed by atoms with Crippen LogP contribution < -0.4 is 27.5 Å². The summed E-state index contributed by atoms with van der Waals surface area (Å²) < 4.78 is 36.3. The Hall–Kier alpha value is -4.31. The fourth-order valence-electron chi connectivity index (χ4n) is 4.00. The Morgan fingerprint density at radius 1 is 0.833 bits per heavy atom. The van der Waals surface area contributed by atoms with Crippen molar-refractivity contribution >= 4 is 0 Å². The number of hydrogen-bond acceptors (Lipinski definition) is 5. The average molecular weight is 494 g/mol. The fourth-order valence-corrected chi connectivity index (χ4v) is 4.00. The van der Waals surface area contributed by atoms with E-state index in [-0.39, 0.29) is 18.8 Å². The summed E-state index contributed by atoms with van der Waals surface area (Å²) in [6.45, 7) is -0.753. The van der Waals surface area contributed by atoms with Gasteiger partial charge in [0.25, 0.3) is 0 Å². The molecule has 1 atom stereocenters. The number of halogens is 2. The highest BCUT2D eigenvalue weighted by atomic mass is 19.1. The van der Waals surface area contributed by atoms with Crippen molar-refractivity contribution in [3.63, 3.8) is 0 Å². The lowest BCUT2D eigenvalue weighted by Crippen LogP contribution is -2.54. The maximum atomic E-state index is 14.4. The predicted molar refractivity (Wildman–Crippen MR) is 131 cm³/mol. The summed E-state index contributed by atoms with van der Waals surface area (Å²) in [5, 5.41) is 0. The summed E-state index contributed by atoms with van der Waals surface area (Å²) in [6.07, 6.45) is 0. The molecular formula is C26H24F2N4O4. The van der Waals surface area contributed by atoms with Crippen LogP contribution >= 0.6 is 0 Å². The Labute approximate surface area is 204 Å². The molecular weight excluding hydrogens is 470 g/mol. The van der Waals surface area contributed by atoms with Crippen LogP contribution in [0.4, 0.5) is 8.78 Å². The van der Waals surface area contributed by atoms with Gasteiger partial charge in [-0.2, -0.15) is 0 Å². The summed E-state index contributed by atoms with van der Waals surface area (Å²) in [5.41, 5.74) is 3.46. The summed E-state index contributed by atoms with van der Waals surface area (Å²) in [4.78, 5) is 40.4. The van der Waals surface area contributed by atoms with Gasteiger partial charge < -0.3 is 10.5 Å². The smallest absolute Gasteiger partial charge is 0.341 e. The summed E-state index contributed by atoms with van der Waals surface area (Å²) in [6, 6.07) is 18.4. The Morgan fingerprint density at radius 3 is 2.11 bits per heavy atom. The van der Waals surface area contributed by atoms with Crippen molar-refractivity contribution in [2.75, 3.05) is 13.7 Å². The molecule has 0 saturated heterocycles. The fraction of sp³-hybridized carbons (Fsp3) is 0.192. The van der Waals surface area contributed by atoms with E-state index >= 15 is 0 Å². The second-order valence-corrected chi connectivity index (χ2v) is 8.12. The van der Waals surface area contributed by atoms with Gasteiger partial charge in [0, 0.05) is 30.6 Å². The van der Waals surface area contributed by atoms with Crippen LogP contribution in [-0.2, 0) is 13.1 Å². The monoisotopic (exact) mass is 494 g/mol. The number of benzene rings is 3. The molecule has 10 heteroatoms. The van der Waals surface area contributed by atoms with E-state index in [1.165, 1.54) is 25.3 Å². The van der Waals surface area contributed by atoms with E-state index in [9.17, 15) is 23.2 Å². The van der Waals surface area contributed by atoms with Gasteiger partial charge in [-0.15, -0.1) is 0 Å². The molecule has 4 aromatic rings. The molecule has 0 fully saturated rings. The second kappa shape index (κ2) is 10.5. The van der Waals surface area contributed by atoms with Crippen LogP contribution in [-0.4, -0.2) is 27.4 Å². The van der Waals surface area contributed by atoms with Gasteiger partial charge in [0.2, 0.25) is 0 Å². The zero-order chi connectivity index (χ0) is 25.8. The van der Waals surface area contributed by atoms with Gasteiger partial charge in [0.1, 0.15) is 17.4 Å². The van der Waals surface area contributed by atoms with Crippen molar-refractivity contribution in [2.24, 2.45) is 5.73 Å². The first kappa shape index (κ1) is 24.8. The van der Waals surface area contributed by atoms with Crippen molar-refractivity contribution in [2.45, 2.75) is 19.0 Å². The van der Waals surface area contributed by atoms with E-state index in [1.54, 1.807) is 24.3 Å². The minimum Gasteiger partial charge on any atom is -0.497 e. The van der Waals surface area contributed by atoms with Gasteiger partial charge in [-0.1, -0.05) is 42.5 Å². The van der Waals surface area contributed by atoms with Crippen LogP contribution in [0.1, 0.15) is 17.0 Å². The van der Waals surface area contributed by atoms with E-state index in [4.69, 9.17) is 10.5 Å². The molecule has 1 heterocycles. The molecule has 0 bridgehead atoms. The molecule has 8 nitrogen and oxygen atoms in total. The lowest BCUT2D eigenvalue weighted by Gasteiger charge is -2.19. The van der Waals surface area contributed by atoms with Gasteiger partial charge in [-0.25, -0.2) is 36.9 Å². The molecule has 0 radical (unpaired) electrons. The Kier molecular flexibility index (Phi) is 7.25. The van der Waals surface area contributed by atoms with Crippen molar-refractivity contribution in [1.82, 2.24) is 13.7 Å². The highest BCUT2D eigenvalue weighted by molar-refractivity contribution is 5.39. The minimum absolute atomic E-state index is 0.107. The topological polar surface area (TPSA) is 101 Å². The number of rotatable bonds is 8. The van der Waals surface area contributed by atoms with Crippen LogP contribution in [0.5, 0.6) is 5.75 Å². The van der Waals surface area contributed by atoms with Crippen LogP contribution in [0.3, 0.4) is 0 Å². The first-order chi connectivity index (χ1) is 17.3. The third kappa shape index (κ3) is 4.76. The number of aromatic nitrogens is 3. The van der Waals surface area contributed by atoms with Crippen LogP contribution in [0.25, 0.3) is 5.69 Å². The van der Waals surface area contributed by atoms with Crippen LogP contribution in [0.2, 0.25) is 0 Å². The standard InChI is InChI=1S/C26H24F2N4O4/c1-36-20-10-5-9-19(13-20)32-25(34)30(15-18(14-29)17-7-3-2-4-8-17)24(33)31(26(32)35)16-21-22(27)11-6-12-23(21)28/h2-13,18H,14-16,29H2,1H3. The number of ether oxygens (including phenoxy) is 1. The minimum atomic E-state index is -1.04. The Balaban J connectivity index is 1.96. The van der Waals surface area contributed by atoms with Crippen LogP contribution in [0.15, 0.2) is 87.2 Å². The van der Waals surface area contributed by atoms with E-state index in [1.807, 2.05) is 18.2 Å². The van der Waals surface area contributed by atoms with Crippen molar-refractivity contribution in [1.29, 1.82) is 0 Å². The molecule has 1 aromatic heterocycles. The Bertz CT molecular complexity index is 1540. The summed E-state index contributed by atoms with van der Waals surface area (Å²) in [5.74, 6) is -1.91. The average Bonchev–Trinajstić information content (AvgIpc) is 2.89. The van der Waals surface area contributed by atoms with Crippen molar-refractivity contribution in [3.8, 4) is 11.4 Å². The van der Waals surface area contributed by atoms with E-state index in [2.05, 4.69) is 0 Å². The van der Waals surface area contributed by atoms with Gasteiger partial charge in [-0.3, -0.25) is 0 Å². The molecule has 3 aromatic carbocycles. The number of nitrogens with zero attached hydrogens (tertiary/aromatic N) is 3. The maximum absolute atomic E-state index is 14.4. The molecule has 2 N–H and O–H groups in total. The highest BCUT2D eigenvalue weighted by Gasteiger charge is 2.22. The molecule has 36 heavy (non-hydrogen) atoms. The summed E-state index contributed by atoms with van der Waals surface area (Å²) in [7, 11) is 1.42. The molecule has 0 spiro atoms. The van der Waals surface area contributed by atoms with Gasteiger partial charge >= 0.3 is 17.1 Å². The highest BCUT2D eigenvalue weighted by Crippen LogP contribution is 2.17. The van der Waals surface area contributed by atoms with Gasteiger partial charge in [-0.05, 0) is 29.8 Å². The van der Waals surface area contributed by atoms with Crippen LogP contribution in [0, 0.1) is 11.6 Å². The molecule has 1 unspecified atom stereocenters. The maximum Gasteiger partial charge on any atom is 0.341 e. The third-order valence-corrected chi connectivity index (χ3v) is 5.95. The Morgan fingerprint density at radius 2 is 1.47 bits per heavy atom. The molecule has 0 aliphatic rings. The first-order valence-electron chi connectivity index (χ1n) is 11.1. The van der Waals surface area contributed by atoms with E-state index in [0.29, 0.717) is 10.3 Å². The largest absolute Gasteiger partial charge is 0.497 e. The molecule has 0 amide bonds. The quantitative estimate of drug-likeness (QED) is 0.405. The normalized spacial score (nSPS) is 11.9. The first-order valence-corrected chi connectivity index (χ1v) is 11.1. The number of hydrogen-bond donors (Lipinski definition) is 1. The molecule has 0 aliphatic heterocycles. The zero-order valence-electron chi connectivity index (χ0n) is 19.4. The molecule has 0 aliphatic carbocycles. The van der Waals surface area contributed by atoms with E-state index < -0.39 is 46.7 Å². The summed E-state index contributed by atoms with van der Waals surface area (Å²) >= 11 is 0. The van der Waals surface area contributed by atoms with E-state index in [0.717, 1.165) is 26.8 Å². The number of methoxy groups -OCH3 is 1.